The summed E-state index contributed by atoms with van der Waals surface area (Å²) < 4.78 is 0. The van der Waals surface area contributed by atoms with Gasteiger partial charge in [0.15, 0.2) is 0 Å². The van der Waals surface area contributed by atoms with E-state index < -0.39 is 5.54 Å². The van der Waals surface area contributed by atoms with Crippen molar-refractivity contribution in [1.82, 2.24) is 10.2 Å². The fourth-order valence-corrected chi connectivity index (χ4v) is 2.31. The molecule has 0 aliphatic heterocycles. The molecule has 5 nitrogen and oxygen atoms in total. The molecule has 0 heterocycles. The second kappa shape index (κ2) is 7.22. The van der Waals surface area contributed by atoms with Crippen LogP contribution in [-0.4, -0.2) is 36.3 Å². The number of amides is 2. The molecule has 5 heteroatoms. The molecule has 1 rings (SSSR count). The number of hydrogen-bond acceptors (Lipinski definition) is 3. The van der Waals surface area contributed by atoms with E-state index in [0.29, 0.717) is 18.5 Å². The highest BCUT2D eigenvalue weighted by Gasteiger charge is 2.29. The highest BCUT2D eigenvalue weighted by Crippen LogP contribution is 2.14. The SMILES string of the molecule is CCCC(C)(N)C(=O)N(C)Cc1ccc(C(=O)NC)cc1. The van der Waals surface area contributed by atoms with E-state index in [1.54, 1.807) is 38.1 Å². The first-order valence-corrected chi connectivity index (χ1v) is 7.17. The standard InChI is InChI=1S/C16H25N3O2/c1-5-10-16(2,17)15(21)19(4)11-12-6-8-13(9-7-12)14(20)18-3/h6-9H,5,10-11,17H2,1-4H3,(H,18,20). The summed E-state index contributed by atoms with van der Waals surface area (Å²) in [6.07, 6.45) is 1.53. The van der Waals surface area contributed by atoms with Gasteiger partial charge in [0, 0.05) is 26.2 Å². The van der Waals surface area contributed by atoms with E-state index >= 15 is 0 Å². The van der Waals surface area contributed by atoms with E-state index in [1.165, 1.54) is 0 Å². The molecular weight excluding hydrogens is 266 g/mol. The Morgan fingerprint density at radius 3 is 2.33 bits per heavy atom. The van der Waals surface area contributed by atoms with Gasteiger partial charge >= 0.3 is 0 Å². The maximum absolute atomic E-state index is 12.3. The Morgan fingerprint density at radius 2 is 1.86 bits per heavy atom. The molecule has 1 atom stereocenters. The van der Waals surface area contributed by atoms with Crippen molar-refractivity contribution >= 4 is 11.8 Å². The number of carbonyl (C=O) groups excluding carboxylic acids is 2. The number of benzene rings is 1. The summed E-state index contributed by atoms with van der Waals surface area (Å²) >= 11 is 0. The molecule has 0 spiro atoms. The van der Waals surface area contributed by atoms with Crippen molar-refractivity contribution in [3.8, 4) is 0 Å². The number of hydrogen-bond donors (Lipinski definition) is 2. The average molecular weight is 291 g/mol. The molecule has 116 valence electrons. The zero-order valence-corrected chi connectivity index (χ0v) is 13.3. The Labute approximate surface area is 126 Å². The van der Waals surface area contributed by atoms with Crippen LogP contribution in [0.15, 0.2) is 24.3 Å². The van der Waals surface area contributed by atoms with Crippen LogP contribution in [0.4, 0.5) is 0 Å². The first-order chi connectivity index (χ1) is 9.81. The number of rotatable bonds is 6. The summed E-state index contributed by atoms with van der Waals surface area (Å²) in [5, 5.41) is 2.57. The Bertz CT molecular complexity index is 495. The zero-order chi connectivity index (χ0) is 16.0. The van der Waals surface area contributed by atoms with Gasteiger partial charge in [-0.15, -0.1) is 0 Å². The number of carbonyl (C=O) groups is 2. The molecule has 0 bridgehead atoms. The van der Waals surface area contributed by atoms with Crippen LogP contribution in [0.2, 0.25) is 0 Å². The summed E-state index contributed by atoms with van der Waals surface area (Å²) in [7, 11) is 3.34. The topological polar surface area (TPSA) is 75.4 Å². The van der Waals surface area contributed by atoms with E-state index in [2.05, 4.69) is 5.32 Å². The average Bonchev–Trinajstić information content (AvgIpc) is 2.46. The first-order valence-electron chi connectivity index (χ1n) is 7.17. The van der Waals surface area contributed by atoms with Crippen LogP contribution in [0.3, 0.4) is 0 Å². The van der Waals surface area contributed by atoms with Crippen LogP contribution >= 0.6 is 0 Å². The Morgan fingerprint density at radius 1 is 1.29 bits per heavy atom. The fourth-order valence-electron chi connectivity index (χ4n) is 2.31. The minimum atomic E-state index is -0.828. The summed E-state index contributed by atoms with van der Waals surface area (Å²) in [4.78, 5) is 25.4. The lowest BCUT2D eigenvalue weighted by molar-refractivity contribution is -0.135. The minimum absolute atomic E-state index is 0.0697. The number of nitrogens with one attached hydrogen (secondary N) is 1. The summed E-state index contributed by atoms with van der Waals surface area (Å²) in [5.74, 6) is -0.191. The molecular formula is C16H25N3O2. The second-order valence-corrected chi connectivity index (χ2v) is 5.60. The van der Waals surface area contributed by atoms with Crippen LogP contribution in [0, 0.1) is 0 Å². The van der Waals surface area contributed by atoms with Gasteiger partial charge in [0.05, 0.1) is 5.54 Å². The van der Waals surface area contributed by atoms with Crippen molar-refractivity contribution in [2.24, 2.45) is 5.73 Å². The van der Waals surface area contributed by atoms with Gasteiger partial charge in [-0.25, -0.2) is 0 Å². The molecule has 0 aliphatic rings. The van der Waals surface area contributed by atoms with Crippen molar-refractivity contribution in [2.75, 3.05) is 14.1 Å². The van der Waals surface area contributed by atoms with Gasteiger partial charge in [0.25, 0.3) is 5.91 Å². The van der Waals surface area contributed by atoms with Gasteiger partial charge < -0.3 is 16.0 Å². The van der Waals surface area contributed by atoms with E-state index in [-0.39, 0.29) is 11.8 Å². The molecule has 0 saturated heterocycles. The number of nitrogens with two attached hydrogens (primary N) is 1. The normalized spacial score (nSPS) is 13.4. The van der Waals surface area contributed by atoms with Crippen LogP contribution in [0.5, 0.6) is 0 Å². The Balaban J connectivity index is 2.72. The lowest BCUT2D eigenvalue weighted by Crippen LogP contribution is -2.51. The summed E-state index contributed by atoms with van der Waals surface area (Å²) in [6, 6.07) is 7.20. The molecule has 21 heavy (non-hydrogen) atoms. The maximum Gasteiger partial charge on any atom is 0.251 e. The summed E-state index contributed by atoms with van der Waals surface area (Å²) in [6.45, 7) is 4.25. The minimum Gasteiger partial charge on any atom is -0.355 e. The van der Waals surface area contributed by atoms with Gasteiger partial charge in [0.2, 0.25) is 5.91 Å². The predicted octanol–water partition coefficient (Wildman–Crippen LogP) is 1.52. The van der Waals surface area contributed by atoms with E-state index in [4.69, 9.17) is 5.73 Å². The fraction of sp³-hybridized carbons (Fsp3) is 0.500. The Kier molecular flexibility index (Phi) is 5.90. The van der Waals surface area contributed by atoms with Crippen molar-refractivity contribution in [3.63, 3.8) is 0 Å². The van der Waals surface area contributed by atoms with Crippen LogP contribution in [0.1, 0.15) is 42.6 Å². The molecule has 0 aromatic heterocycles. The monoisotopic (exact) mass is 291 g/mol. The molecule has 1 aromatic rings. The van der Waals surface area contributed by atoms with Crippen molar-refractivity contribution in [3.05, 3.63) is 35.4 Å². The van der Waals surface area contributed by atoms with Gasteiger partial charge in [-0.1, -0.05) is 25.5 Å². The van der Waals surface area contributed by atoms with E-state index in [0.717, 1.165) is 12.0 Å². The largest absolute Gasteiger partial charge is 0.355 e. The first kappa shape index (κ1) is 17.2. The quantitative estimate of drug-likeness (QED) is 0.834. The molecule has 0 aliphatic carbocycles. The maximum atomic E-state index is 12.3. The van der Waals surface area contributed by atoms with Crippen molar-refractivity contribution in [2.45, 2.75) is 38.8 Å². The lowest BCUT2D eigenvalue weighted by Gasteiger charge is -2.29. The molecule has 3 N–H and O–H groups in total. The molecule has 0 fully saturated rings. The van der Waals surface area contributed by atoms with E-state index in [1.807, 2.05) is 19.1 Å². The molecule has 2 amide bonds. The van der Waals surface area contributed by atoms with Crippen LogP contribution in [0.25, 0.3) is 0 Å². The van der Waals surface area contributed by atoms with Gasteiger partial charge in [0.1, 0.15) is 0 Å². The third kappa shape index (κ3) is 4.56. The van der Waals surface area contributed by atoms with Crippen LogP contribution in [-0.2, 0) is 11.3 Å². The van der Waals surface area contributed by atoms with Crippen molar-refractivity contribution < 1.29 is 9.59 Å². The number of likely N-dealkylation sites (N-methyl/N-ethyl adjacent to an activating group) is 1. The van der Waals surface area contributed by atoms with E-state index in [9.17, 15) is 9.59 Å². The highest BCUT2D eigenvalue weighted by atomic mass is 16.2. The molecule has 0 saturated carbocycles. The molecule has 1 unspecified atom stereocenters. The smallest absolute Gasteiger partial charge is 0.251 e. The lowest BCUT2D eigenvalue weighted by atomic mass is 9.95. The van der Waals surface area contributed by atoms with Crippen molar-refractivity contribution in [1.29, 1.82) is 0 Å². The predicted molar refractivity (Wildman–Crippen MR) is 83.8 cm³/mol. The third-order valence-corrected chi connectivity index (χ3v) is 3.47. The second-order valence-electron chi connectivity index (χ2n) is 5.60. The van der Waals surface area contributed by atoms with Crippen LogP contribution < -0.4 is 11.1 Å². The van der Waals surface area contributed by atoms with Gasteiger partial charge in [-0.3, -0.25) is 9.59 Å². The molecule has 0 radical (unpaired) electrons. The Hall–Kier alpha value is -1.88. The van der Waals surface area contributed by atoms with Gasteiger partial charge in [-0.2, -0.15) is 0 Å². The number of nitrogens with zero attached hydrogens (tertiary/aromatic N) is 1. The highest BCUT2D eigenvalue weighted by molar-refractivity contribution is 5.94. The molecule has 1 aromatic carbocycles. The zero-order valence-electron chi connectivity index (χ0n) is 13.3. The summed E-state index contributed by atoms with van der Waals surface area (Å²) in [5.41, 5.74) is 6.80. The van der Waals surface area contributed by atoms with Gasteiger partial charge in [-0.05, 0) is 31.0 Å². The third-order valence-electron chi connectivity index (χ3n) is 3.47.